The smallest absolute Gasteiger partial charge is 0.306 e. The largest absolute Gasteiger partial charge is 0.462 e. The zero-order chi connectivity index (χ0) is 53.6. The number of hydrogen-bond acceptors (Lipinski definition) is 6. The molecule has 0 aliphatic rings. The number of rotatable bonds is 58. The number of ether oxygens (including phenoxy) is 3. The molecule has 0 aliphatic heterocycles. The van der Waals surface area contributed by atoms with Crippen LogP contribution in [-0.2, 0) is 28.6 Å². The van der Waals surface area contributed by atoms with Crippen molar-refractivity contribution in [3.63, 3.8) is 0 Å². The summed E-state index contributed by atoms with van der Waals surface area (Å²) in [5, 5.41) is 0. The number of esters is 3. The third-order valence-electron chi connectivity index (χ3n) is 14.0. The van der Waals surface area contributed by atoms with Crippen molar-refractivity contribution in [2.24, 2.45) is 0 Å². The molecule has 0 N–H and O–H groups in total. The lowest BCUT2D eigenvalue weighted by molar-refractivity contribution is -0.167. The SMILES string of the molecule is CC/C=C\C/C=C\C/C=C\C/C=C\C/C=C\C/C=C\CCCCCCCCC(=O)OCC(COC(=O)CCCCCCCCCCCCCCCCC)OC(=O)CCCCCCCCCCCCCCCCCC. The van der Waals surface area contributed by atoms with Gasteiger partial charge in [0.2, 0.25) is 0 Å². The Hall–Kier alpha value is -3.15. The third kappa shape index (κ3) is 59.7. The second kappa shape index (κ2) is 62.4. The van der Waals surface area contributed by atoms with Gasteiger partial charge in [-0.25, -0.2) is 0 Å². The Bertz CT molecular complexity index is 1370. The van der Waals surface area contributed by atoms with Crippen molar-refractivity contribution in [2.45, 2.75) is 329 Å². The average molecular weight is 1030 g/mol. The highest BCUT2D eigenvalue weighted by molar-refractivity contribution is 5.71. The highest BCUT2D eigenvalue weighted by Gasteiger charge is 2.19. The maximum Gasteiger partial charge on any atom is 0.306 e. The predicted molar refractivity (Wildman–Crippen MR) is 321 cm³/mol. The molecule has 1 unspecified atom stereocenters. The number of carbonyl (C=O) groups excluding carboxylic acids is 3. The van der Waals surface area contributed by atoms with Crippen LogP contribution in [0, 0.1) is 0 Å². The van der Waals surface area contributed by atoms with Crippen LogP contribution in [0.4, 0.5) is 0 Å². The van der Waals surface area contributed by atoms with E-state index in [-0.39, 0.29) is 31.1 Å². The van der Waals surface area contributed by atoms with Crippen LogP contribution in [0.15, 0.2) is 72.9 Å². The van der Waals surface area contributed by atoms with Crippen LogP contribution < -0.4 is 0 Å². The molecular formula is C68H120O6. The minimum atomic E-state index is -0.779. The first-order valence-corrected chi connectivity index (χ1v) is 31.9. The zero-order valence-corrected chi connectivity index (χ0v) is 49.1. The number of allylic oxidation sites excluding steroid dienone is 12. The van der Waals surface area contributed by atoms with Crippen molar-refractivity contribution in [2.75, 3.05) is 13.2 Å². The standard InChI is InChI=1S/C68H120O6/c1-4-7-10-13-16-19-22-25-28-30-31-32-33-34-35-36-37-38-41-43-46-49-52-55-58-61-67(70)73-64-65(63-72-66(69)60-57-54-51-48-45-42-39-27-24-21-18-15-12-9-6-3)74-68(71)62-59-56-53-50-47-44-40-29-26-23-20-17-14-11-8-5-2/h7,10,16,19,25,28,31-32,34-35,37-38,65H,4-6,8-9,11-15,17-18,20-24,26-27,29-30,33,36,39-64H2,1-3H3/b10-7-,19-16-,28-25-,32-31-,35-34-,38-37-. The summed E-state index contributed by atoms with van der Waals surface area (Å²) in [4.78, 5) is 38.3. The van der Waals surface area contributed by atoms with Crippen LogP contribution in [0.1, 0.15) is 323 Å². The summed E-state index contributed by atoms with van der Waals surface area (Å²) >= 11 is 0. The van der Waals surface area contributed by atoms with Gasteiger partial charge in [0.15, 0.2) is 6.10 Å². The lowest BCUT2D eigenvalue weighted by Crippen LogP contribution is -2.30. The molecule has 0 spiro atoms. The van der Waals surface area contributed by atoms with E-state index < -0.39 is 6.10 Å². The number of hydrogen-bond donors (Lipinski definition) is 0. The van der Waals surface area contributed by atoms with E-state index >= 15 is 0 Å². The van der Waals surface area contributed by atoms with Gasteiger partial charge in [-0.15, -0.1) is 0 Å². The molecule has 1 atom stereocenters. The lowest BCUT2D eigenvalue weighted by atomic mass is 10.0. The van der Waals surface area contributed by atoms with Crippen molar-refractivity contribution in [1.29, 1.82) is 0 Å². The van der Waals surface area contributed by atoms with Gasteiger partial charge in [0.25, 0.3) is 0 Å². The first kappa shape index (κ1) is 70.8. The molecule has 0 aromatic heterocycles. The van der Waals surface area contributed by atoms with Gasteiger partial charge in [0.05, 0.1) is 0 Å². The zero-order valence-electron chi connectivity index (χ0n) is 49.1. The van der Waals surface area contributed by atoms with Crippen LogP contribution in [0.2, 0.25) is 0 Å². The highest BCUT2D eigenvalue weighted by Crippen LogP contribution is 2.17. The summed E-state index contributed by atoms with van der Waals surface area (Å²) < 4.78 is 16.9. The van der Waals surface area contributed by atoms with E-state index in [1.807, 2.05) is 0 Å². The van der Waals surface area contributed by atoms with Gasteiger partial charge in [-0.3, -0.25) is 14.4 Å². The third-order valence-corrected chi connectivity index (χ3v) is 14.0. The summed E-state index contributed by atoms with van der Waals surface area (Å²) in [5.41, 5.74) is 0. The summed E-state index contributed by atoms with van der Waals surface area (Å²) in [7, 11) is 0. The van der Waals surface area contributed by atoms with Crippen molar-refractivity contribution in [3.05, 3.63) is 72.9 Å². The molecule has 6 nitrogen and oxygen atoms in total. The van der Waals surface area contributed by atoms with E-state index in [1.54, 1.807) is 0 Å². The number of carbonyl (C=O) groups is 3. The van der Waals surface area contributed by atoms with Crippen molar-refractivity contribution in [1.82, 2.24) is 0 Å². The van der Waals surface area contributed by atoms with Gasteiger partial charge in [0.1, 0.15) is 13.2 Å². The second-order valence-electron chi connectivity index (χ2n) is 21.3. The topological polar surface area (TPSA) is 78.9 Å². The van der Waals surface area contributed by atoms with Crippen molar-refractivity contribution in [3.8, 4) is 0 Å². The van der Waals surface area contributed by atoms with Crippen molar-refractivity contribution >= 4 is 17.9 Å². The second-order valence-corrected chi connectivity index (χ2v) is 21.3. The molecular weight excluding hydrogens is 913 g/mol. The molecule has 0 heterocycles. The minimum Gasteiger partial charge on any atom is -0.462 e. The molecule has 428 valence electrons. The normalized spacial score (nSPS) is 12.5. The van der Waals surface area contributed by atoms with Gasteiger partial charge in [-0.2, -0.15) is 0 Å². The Kier molecular flexibility index (Phi) is 59.7. The quantitative estimate of drug-likeness (QED) is 0.0261. The Morgan fingerprint density at radius 2 is 0.527 bits per heavy atom. The monoisotopic (exact) mass is 1030 g/mol. The van der Waals surface area contributed by atoms with Crippen LogP contribution in [0.5, 0.6) is 0 Å². The van der Waals surface area contributed by atoms with E-state index in [0.717, 1.165) is 103 Å². The average Bonchev–Trinajstić information content (AvgIpc) is 3.40. The van der Waals surface area contributed by atoms with Gasteiger partial charge in [0, 0.05) is 19.3 Å². The first-order chi connectivity index (χ1) is 36.5. The molecule has 0 fully saturated rings. The van der Waals surface area contributed by atoms with Gasteiger partial charge in [-0.05, 0) is 70.6 Å². The molecule has 74 heavy (non-hydrogen) atoms. The fraction of sp³-hybridized carbons (Fsp3) is 0.779. The number of unbranched alkanes of at least 4 members (excludes halogenated alkanes) is 35. The van der Waals surface area contributed by atoms with Crippen LogP contribution in [0.3, 0.4) is 0 Å². The molecule has 0 aromatic carbocycles. The fourth-order valence-electron chi connectivity index (χ4n) is 9.21. The van der Waals surface area contributed by atoms with E-state index in [0.29, 0.717) is 19.3 Å². The summed E-state index contributed by atoms with van der Waals surface area (Å²) in [5.74, 6) is -0.872. The van der Waals surface area contributed by atoms with Gasteiger partial charge < -0.3 is 14.2 Å². The fourth-order valence-corrected chi connectivity index (χ4v) is 9.21. The van der Waals surface area contributed by atoms with Gasteiger partial charge in [-0.1, -0.05) is 306 Å². The molecule has 0 bridgehead atoms. The molecule has 0 aromatic rings. The molecule has 0 rings (SSSR count). The van der Waals surface area contributed by atoms with Crippen molar-refractivity contribution < 1.29 is 28.6 Å². The van der Waals surface area contributed by atoms with E-state index in [9.17, 15) is 14.4 Å². The van der Waals surface area contributed by atoms with Crippen LogP contribution in [0.25, 0.3) is 0 Å². The first-order valence-electron chi connectivity index (χ1n) is 31.9. The van der Waals surface area contributed by atoms with E-state index in [1.165, 1.54) is 180 Å². The van der Waals surface area contributed by atoms with E-state index in [4.69, 9.17) is 14.2 Å². The molecule has 0 radical (unpaired) electrons. The molecule has 0 saturated carbocycles. The predicted octanol–water partition coefficient (Wildman–Crippen LogP) is 21.7. The Balaban J connectivity index is 4.35. The maximum absolute atomic E-state index is 12.9. The van der Waals surface area contributed by atoms with Crippen LogP contribution in [-0.4, -0.2) is 37.2 Å². The van der Waals surface area contributed by atoms with E-state index in [2.05, 4.69) is 93.7 Å². The maximum atomic E-state index is 12.9. The lowest BCUT2D eigenvalue weighted by Gasteiger charge is -2.18. The summed E-state index contributed by atoms with van der Waals surface area (Å²) in [6, 6.07) is 0. The summed E-state index contributed by atoms with van der Waals surface area (Å²) in [6.07, 6.45) is 80.4. The van der Waals surface area contributed by atoms with Gasteiger partial charge >= 0.3 is 17.9 Å². The molecule has 0 saturated heterocycles. The Morgan fingerprint density at radius 1 is 0.284 bits per heavy atom. The molecule has 6 heteroatoms. The molecule has 0 aliphatic carbocycles. The highest BCUT2D eigenvalue weighted by atomic mass is 16.6. The Morgan fingerprint density at radius 3 is 0.824 bits per heavy atom. The van der Waals surface area contributed by atoms with Crippen LogP contribution >= 0.6 is 0 Å². The molecule has 0 amide bonds. The summed E-state index contributed by atoms with van der Waals surface area (Å²) in [6.45, 7) is 6.56. The Labute approximate surface area is 459 Å². The minimum absolute atomic E-state index is 0.0753.